The van der Waals surface area contributed by atoms with E-state index in [0.717, 1.165) is 23.0 Å². The molecule has 2 nitrogen and oxygen atoms in total. The monoisotopic (exact) mass is 387 g/mol. The van der Waals surface area contributed by atoms with Gasteiger partial charge in [0, 0.05) is 10.5 Å². The zero-order chi connectivity index (χ0) is 15.2. The highest BCUT2D eigenvalue weighted by atomic mass is 79.9. The van der Waals surface area contributed by atoms with Gasteiger partial charge in [-0.05, 0) is 53.1 Å². The van der Waals surface area contributed by atoms with Gasteiger partial charge in [-0.15, -0.1) is 0 Å². The van der Waals surface area contributed by atoms with Gasteiger partial charge in [0.2, 0.25) is 0 Å². The lowest BCUT2D eigenvalue weighted by Crippen LogP contribution is -2.12. The summed E-state index contributed by atoms with van der Waals surface area (Å²) in [6.07, 6.45) is 0.963. The van der Waals surface area contributed by atoms with Gasteiger partial charge in [0.1, 0.15) is 12.4 Å². The highest BCUT2D eigenvalue weighted by Gasteiger charge is 2.08. The molecule has 112 valence electrons. The Labute approximate surface area is 143 Å². The fraction of sp³-hybridized carbons (Fsp3) is 0.250. The molecule has 0 aliphatic rings. The average molecular weight is 389 g/mol. The first-order chi connectivity index (χ1) is 10.1. The minimum atomic E-state index is 0.470. The number of halogens is 3. The van der Waals surface area contributed by atoms with Gasteiger partial charge in [-0.25, -0.2) is 0 Å². The second kappa shape index (κ2) is 8.04. The third kappa shape index (κ3) is 4.62. The van der Waals surface area contributed by atoms with Gasteiger partial charge in [-0.2, -0.15) is 0 Å². The van der Waals surface area contributed by atoms with E-state index in [-0.39, 0.29) is 0 Å². The van der Waals surface area contributed by atoms with Gasteiger partial charge >= 0.3 is 0 Å². The van der Waals surface area contributed by atoms with Gasteiger partial charge in [0.25, 0.3) is 0 Å². The number of rotatable bonds is 6. The number of ether oxygens (including phenoxy) is 1. The van der Waals surface area contributed by atoms with E-state index in [1.807, 2.05) is 19.2 Å². The van der Waals surface area contributed by atoms with Crippen LogP contribution in [0, 0.1) is 0 Å². The van der Waals surface area contributed by atoms with Crippen molar-refractivity contribution in [3.8, 4) is 5.75 Å². The maximum atomic E-state index is 6.17. The van der Waals surface area contributed by atoms with Crippen LogP contribution in [0.15, 0.2) is 40.9 Å². The van der Waals surface area contributed by atoms with Gasteiger partial charge in [0.05, 0.1) is 10.0 Å². The molecule has 2 aromatic rings. The van der Waals surface area contributed by atoms with E-state index >= 15 is 0 Å². The molecule has 0 unspecified atom stereocenters. The van der Waals surface area contributed by atoms with E-state index in [1.165, 1.54) is 5.56 Å². The quantitative estimate of drug-likeness (QED) is 0.695. The van der Waals surface area contributed by atoms with E-state index in [0.29, 0.717) is 22.4 Å². The number of likely N-dealkylation sites (N-methyl/N-ethyl adjacent to an activating group) is 1. The first-order valence-electron chi connectivity index (χ1n) is 6.60. The number of hydrogen-bond donors (Lipinski definition) is 1. The molecule has 0 saturated heterocycles. The molecule has 0 bridgehead atoms. The lowest BCUT2D eigenvalue weighted by Gasteiger charge is -2.12. The summed E-state index contributed by atoms with van der Waals surface area (Å²) in [7, 11) is 1.95. The summed E-state index contributed by atoms with van der Waals surface area (Å²) in [4.78, 5) is 0. The second-order valence-corrected chi connectivity index (χ2v) is 6.28. The third-order valence-electron chi connectivity index (χ3n) is 3.12. The lowest BCUT2D eigenvalue weighted by atomic mass is 10.1. The molecule has 0 aliphatic heterocycles. The van der Waals surface area contributed by atoms with Crippen LogP contribution in [-0.4, -0.2) is 13.6 Å². The van der Waals surface area contributed by atoms with E-state index in [4.69, 9.17) is 27.9 Å². The Hall–Kier alpha value is -0.740. The Morgan fingerprint density at radius 2 is 1.81 bits per heavy atom. The molecule has 2 aromatic carbocycles. The van der Waals surface area contributed by atoms with Crippen molar-refractivity contribution >= 4 is 39.1 Å². The van der Waals surface area contributed by atoms with Crippen LogP contribution in [0.4, 0.5) is 0 Å². The van der Waals surface area contributed by atoms with Gasteiger partial charge in [-0.1, -0.05) is 47.5 Å². The summed E-state index contributed by atoms with van der Waals surface area (Å²) in [6, 6.07) is 11.7. The Balaban J connectivity index is 2.11. The molecular formula is C16H16BrCl2NO. The van der Waals surface area contributed by atoms with Crippen molar-refractivity contribution in [2.75, 3.05) is 13.6 Å². The fourth-order valence-corrected chi connectivity index (χ4v) is 2.82. The molecule has 2 rings (SSSR count). The molecule has 1 N–H and O–H groups in total. The van der Waals surface area contributed by atoms with Crippen molar-refractivity contribution in [3.63, 3.8) is 0 Å². The van der Waals surface area contributed by atoms with Crippen LogP contribution in [-0.2, 0) is 13.0 Å². The maximum absolute atomic E-state index is 6.17. The topological polar surface area (TPSA) is 21.3 Å². The van der Waals surface area contributed by atoms with Crippen molar-refractivity contribution in [2.45, 2.75) is 13.0 Å². The molecule has 0 aliphatic carbocycles. The highest BCUT2D eigenvalue weighted by Crippen LogP contribution is 2.34. The Morgan fingerprint density at radius 1 is 1.10 bits per heavy atom. The average Bonchev–Trinajstić information content (AvgIpc) is 2.48. The van der Waals surface area contributed by atoms with E-state index in [9.17, 15) is 0 Å². The molecule has 0 radical (unpaired) electrons. The smallest absolute Gasteiger partial charge is 0.139 e. The first-order valence-corrected chi connectivity index (χ1v) is 8.15. The number of nitrogens with one attached hydrogen (secondary N) is 1. The van der Waals surface area contributed by atoms with Gasteiger partial charge in [-0.3, -0.25) is 0 Å². The van der Waals surface area contributed by atoms with E-state index < -0.39 is 0 Å². The molecular weight excluding hydrogens is 373 g/mol. The first kappa shape index (κ1) is 16.6. The molecule has 5 heteroatoms. The summed E-state index contributed by atoms with van der Waals surface area (Å²) in [5.74, 6) is 0.591. The molecule has 0 aromatic heterocycles. The van der Waals surface area contributed by atoms with Gasteiger partial charge < -0.3 is 10.1 Å². The third-order valence-corrected chi connectivity index (χ3v) is 4.61. The molecule has 0 heterocycles. The largest absolute Gasteiger partial charge is 0.487 e. The fourth-order valence-electron chi connectivity index (χ4n) is 1.97. The molecule has 0 fully saturated rings. The van der Waals surface area contributed by atoms with Crippen molar-refractivity contribution in [1.82, 2.24) is 5.32 Å². The van der Waals surface area contributed by atoms with Crippen LogP contribution in [0.25, 0.3) is 0 Å². The predicted octanol–water partition coefficient (Wildman–Crippen LogP) is 5.10. The van der Waals surface area contributed by atoms with E-state index in [1.54, 1.807) is 12.1 Å². The number of benzene rings is 2. The molecule has 21 heavy (non-hydrogen) atoms. The molecule has 0 spiro atoms. The van der Waals surface area contributed by atoms with Gasteiger partial charge in [0.15, 0.2) is 0 Å². The number of hydrogen-bond acceptors (Lipinski definition) is 2. The van der Waals surface area contributed by atoms with Crippen LogP contribution in [0.5, 0.6) is 5.75 Å². The predicted molar refractivity (Wildman–Crippen MR) is 92.6 cm³/mol. The van der Waals surface area contributed by atoms with Crippen molar-refractivity contribution in [3.05, 3.63) is 62.0 Å². The second-order valence-electron chi connectivity index (χ2n) is 4.61. The molecule has 0 saturated carbocycles. The van der Waals surface area contributed by atoms with Crippen LogP contribution in [0.1, 0.15) is 11.1 Å². The highest BCUT2D eigenvalue weighted by molar-refractivity contribution is 9.10. The molecule has 0 amide bonds. The minimum Gasteiger partial charge on any atom is -0.487 e. The lowest BCUT2D eigenvalue weighted by molar-refractivity contribution is 0.305. The van der Waals surface area contributed by atoms with Crippen LogP contribution < -0.4 is 10.1 Å². The van der Waals surface area contributed by atoms with Crippen molar-refractivity contribution in [1.29, 1.82) is 0 Å². The SMILES string of the molecule is CNCCc1ccccc1COc1cc(Cl)c(Br)cc1Cl. The normalized spacial score (nSPS) is 10.7. The summed E-state index contributed by atoms with van der Waals surface area (Å²) >= 11 is 15.6. The Bertz CT molecular complexity index is 619. The summed E-state index contributed by atoms with van der Waals surface area (Å²) in [6.45, 7) is 1.40. The summed E-state index contributed by atoms with van der Waals surface area (Å²) in [5.41, 5.74) is 2.43. The van der Waals surface area contributed by atoms with Crippen LogP contribution in [0.3, 0.4) is 0 Å². The Kier molecular flexibility index (Phi) is 6.37. The van der Waals surface area contributed by atoms with E-state index in [2.05, 4.69) is 33.4 Å². The van der Waals surface area contributed by atoms with Crippen molar-refractivity contribution < 1.29 is 4.74 Å². The minimum absolute atomic E-state index is 0.470. The van der Waals surface area contributed by atoms with Crippen molar-refractivity contribution in [2.24, 2.45) is 0 Å². The van der Waals surface area contributed by atoms with Crippen LogP contribution in [0.2, 0.25) is 10.0 Å². The zero-order valence-electron chi connectivity index (χ0n) is 11.6. The Morgan fingerprint density at radius 3 is 2.52 bits per heavy atom. The summed E-state index contributed by atoms with van der Waals surface area (Å²) < 4.78 is 6.58. The summed E-state index contributed by atoms with van der Waals surface area (Å²) in [5, 5.41) is 4.28. The van der Waals surface area contributed by atoms with Crippen LogP contribution >= 0.6 is 39.1 Å². The standard InChI is InChI=1S/C16H16BrCl2NO/c1-20-7-6-11-4-2-3-5-12(11)10-21-16-9-14(18)13(17)8-15(16)19/h2-5,8-9,20H,6-7,10H2,1H3. The zero-order valence-corrected chi connectivity index (χ0v) is 14.7. The maximum Gasteiger partial charge on any atom is 0.139 e. The molecule has 0 atom stereocenters.